The maximum Gasteiger partial charge on any atom is 0.356 e. The molecule has 0 unspecified atom stereocenters. The molecule has 0 saturated carbocycles. The lowest BCUT2D eigenvalue weighted by atomic mass is 9.96. The van der Waals surface area contributed by atoms with Gasteiger partial charge in [-0.05, 0) is 32.6 Å². The fraction of sp³-hybridized carbons (Fsp3) is 0.417. The molecule has 20 heavy (non-hydrogen) atoms. The van der Waals surface area contributed by atoms with Crippen molar-refractivity contribution in [3.05, 3.63) is 33.0 Å². The van der Waals surface area contributed by atoms with Crippen molar-refractivity contribution in [2.45, 2.75) is 32.6 Å². The summed E-state index contributed by atoms with van der Waals surface area (Å²) in [5.41, 5.74) is 1.46. The molecule has 104 valence electrons. The number of aromatic nitrogens is 5. The maximum atomic E-state index is 11.6. The van der Waals surface area contributed by atoms with E-state index in [-0.39, 0.29) is 22.9 Å². The molecule has 3 rings (SSSR count). The van der Waals surface area contributed by atoms with Crippen LogP contribution in [0.25, 0.3) is 5.95 Å². The summed E-state index contributed by atoms with van der Waals surface area (Å²) in [6.07, 6.45) is 3.30. The Balaban J connectivity index is 2.20. The average molecular weight is 275 g/mol. The van der Waals surface area contributed by atoms with Gasteiger partial charge in [0.2, 0.25) is 0 Å². The predicted molar refractivity (Wildman–Crippen MR) is 68.1 cm³/mol. The molecule has 2 N–H and O–H groups in total. The Labute approximate surface area is 113 Å². The number of rotatable bonds is 2. The highest BCUT2D eigenvalue weighted by Gasteiger charge is 2.26. The Morgan fingerprint density at radius 1 is 1.30 bits per heavy atom. The largest absolute Gasteiger partial charge is 0.476 e. The van der Waals surface area contributed by atoms with Crippen LogP contribution in [-0.2, 0) is 12.8 Å². The SMILES string of the molecule is Cc1nnc(-n2nc(C(=O)O)c3c2CCCC3)[nH]c1=O. The molecule has 0 atom stereocenters. The van der Waals surface area contributed by atoms with Crippen LogP contribution in [0.4, 0.5) is 0 Å². The molecule has 2 aromatic heterocycles. The van der Waals surface area contributed by atoms with Crippen molar-refractivity contribution in [3.63, 3.8) is 0 Å². The van der Waals surface area contributed by atoms with E-state index in [0.29, 0.717) is 12.8 Å². The zero-order chi connectivity index (χ0) is 14.3. The minimum absolute atomic E-state index is 0.0305. The topological polar surface area (TPSA) is 114 Å². The molecule has 0 spiro atoms. The third-order valence-corrected chi connectivity index (χ3v) is 3.43. The highest BCUT2D eigenvalue weighted by molar-refractivity contribution is 5.87. The average Bonchev–Trinajstić information content (AvgIpc) is 2.82. The standard InChI is InChI=1S/C12H13N5O3/c1-6-10(18)13-12(15-14-6)17-8-5-3-2-4-7(8)9(16-17)11(19)20/h2-5H2,1H3,(H,19,20)(H,13,15,18). The zero-order valence-corrected chi connectivity index (χ0v) is 10.9. The highest BCUT2D eigenvalue weighted by atomic mass is 16.4. The molecule has 0 aliphatic heterocycles. The van der Waals surface area contributed by atoms with Crippen molar-refractivity contribution in [2.75, 3.05) is 0 Å². The Morgan fingerprint density at radius 3 is 2.75 bits per heavy atom. The van der Waals surface area contributed by atoms with Crippen LogP contribution >= 0.6 is 0 Å². The fourth-order valence-electron chi connectivity index (χ4n) is 2.43. The quantitative estimate of drug-likeness (QED) is 0.811. The smallest absolute Gasteiger partial charge is 0.356 e. The monoisotopic (exact) mass is 275 g/mol. The van der Waals surface area contributed by atoms with Crippen molar-refractivity contribution >= 4 is 5.97 Å². The lowest BCUT2D eigenvalue weighted by Gasteiger charge is -2.12. The number of carboxylic acid groups (broad SMARTS) is 1. The first-order valence-electron chi connectivity index (χ1n) is 6.36. The van der Waals surface area contributed by atoms with Crippen molar-refractivity contribution in [1.82, 2.24) is 25.0 Å². The molecule has 0 saturated heterocycles. The lowest BCUT2D eigenvalue weighted by Crippen LogP contribution is -2.20. The van der Waals surface area contributed by atoms with Gasteiger partial charge in [0.1, 0.15) is 5.69 Å². The fourth-order valence-corrected chi connectivity index (χ4v) is 2.43. The molecule has 8 nitrogen and oxygen atoms in total. The first kappa shape index (κ1) is 12.5. The van der Waals surface area contributed by atoms with E-state index in [4.69, 9.17) is 0 Å². The van der Waals surface area contributed by atoms with Gasteiger partial charge in [0.25, 0.3) is 11.5 Å². The number of aryl methyl sites for hydroxylation is 1. The Morgan fingerprint density at radius 2 is 2.05 bits per heavy atom. The Kier molecular flexibility index (Phi) is 2.85. The second-order valence-electron chi connectivity index (χ2n) is 4.76. The van der Waals surface area contributed by atoms with Gasteiger partial charge < -0.3 is 5.11 Å². The molecule has 0 fully saturated rings. The van der Waals surface area contributed by atoms with Crippen LogP contribution in [0, 0.1) is 6.92 Å². The van der Waals surface area contributed by atoms with Crippen molar-refractivity contribution in [3.8, 4) is 5.95 Å². The van der Waals surface area contributed by atoms with E-state index in [0.717, 1.165) is 24.1 Å². The third-order valence-electron chi connectivity index (χ3n) is 3.43. The first-order chi connectivity index (χ1) is 9.58. The van der Waals surface area contributed by atoms with Crippen LogP contribution in [0.1, 0.15) is 40.3 Å². The molecule has 2 heterocycles. The summed E-state index contributed by atoms with van der Waals surface area (Å²) in [4.78, 5) is 25.4. The van der Waals surface area contributed by atoms with E-state index < -0.39 is 5.97 Å². The molecular weight excluding hydrogens is 262 g/mol. The van der Waals surface area contributed by atoms with E-state index in [1.165, 1.54) is 4.68 Å². The van der Waals surface area contributed by atoms with Crippen molar-refractivity contribution < 1.29 is 9.90 Å². The van der Waals surface area contributed by atoms with E-state index in [2.05, 4.69) is 20.3 Å². The summed E-state index contributed by atoms with van der Waals surface area (Å²) in [7, 11) is 0. The summed E-state index contributed by atoms with van der Waals surface area (Å²) < 4.78 is 1.39. The van der Waals surface area contributed by atoms with Gasteiger partial charge in [0, 0.05) is 5.56 Å². The number of aromatic amines is 1. The number of carboxylic acids is 1. The van der Waals surface area contributed by atoms with E-state index in [1.807, 2.05) is 0 Å². The number of nitrogens with zero attached hydrogens (tertiary/aromatic N) is 4. The van der Waals surface area contributed by atoms with Gasteiger partial charge in [-0.2, -0.15) is 5.10 Å². The summed E-state index contributed by atoms with van der Waals surface area (Å²) in [6, 6.07) is 0. The number of hydrogen-bond acceptors (Lipinski definition) is 5. The van der Waals surface area contributed by atoms with Gasteiger partial charge in [-0.25, -0.2) is 9.48 Å². The van der Waals surface area contributed by atoms with Crippen LogP contribution in [0.5, 0.6) is 0 Å². The minimum atomic E-state index is -1.07. The Bertz CT molecular complexity index is 746. The molecular formula is C12H13N5O3. The van der Waals surface area contributed by atoms with Gasteiger partial charge in [0.05, 0.1) is 5.69 Å². The van der Waals surface area contributed by atoms with Gasteiger partial charge in [-0.3, -0.25) is 9.78 Å². The maximum absolute atomic E-state index is 11.6. The van der Waals surface area contributed by atoms with Crippen LogP contribution in [0.3, 0.4) is 0 Å². The summed E-state index contributed by atoms with van der Waals surface area (Å²) in [6.45, 7) is 1.55. The second kappa shape index (κ2) is 4.55. The van der Waals surface area contributed by atoms with Gasteiger partial charge in [-0.1, -0.05) is 0 Å². The third kappa shape index (κ3) is 1.89. The van der Waals surface area contributed by atoms with E-state index in [1.54, 1.807) is 6.92 Å². The van der Waals surface area contributed by atoms with Gasteiger partial charge in [-0.15, -0.1) is 10.2 Å². The van der Waals surface area contributed by atoms with E-state index in [9.17, 15) is 14.7 Å². The first-order valence-corrected chi connectivity index (χ1v) is 6.36. The molecule has 0 bridgehead atoms. The molecule has 1 aliphatic rings. The number of H-pyrrole nitrogens is 1. The van der Waals surface area contributed by atoms with Crippen molar-refractivity contribution in [2.24, 2.45) is 0 Å². The lowest BCUT2D eigenvalue weighted by molar-refractivity contribution is 0.0688. The molecule has 0 amide bonds. The number of carbonyl (C=O) groups is 1. The van der Waals surface area contributed by atoms with Crippen LogP contribution in [0.15, 0.2) is 4.79 Å². The summed E-state index contributed by atoms with van der Waals surface area (Å²) in [5, 5.41) is 20.9. The zero-order valence-electron chi connectivity index (χ0n) is 10.9. The molecule has 2 aromatic rings. The van der Waals surface area contributed by atoms with Crippen LogP contribution in [0.2, 0.25) is 0 Å². The number of nitrogens with one attached hydrogen (secondary N) is 1. The minimum Gasteiger partial charge on any atom is -0.476 e. The summed E-state index contributed by atoms with van der Waals surface area (Å²) >= 11 is 0. The number of fused-ring (bicyclic) bond motifs is 1. The predicted octanol–water partition coefficient (Wildman–Crippen LogP) is 0.236. The van der Waals surface area contributed by atoms with Crippen LogP contribution in [-0.4, -0.2) is 36.0 Å². The normalized spacial score (nSPS) is 14.1. The summed E-state index contributed by atoms with van der Waals surface area (Å²) in [5.74, 6) is -0.907. The molecule has 0 radical (unpaired) electrons. The second-order valence-corrected chi connectivity index (χ2v) is 4.76. The Hall–Kier alpha value is -2.51. The van der Waals surface area contributed by atoms with Crippen molar-refractivity contribution in [1.29, 1.82) is 0 Å². The number of hydrogen-bond donors (Lipinski definition) is 2. The van der Waals surface area contributed by atoms with E-state index >= 15 is 0 Å². The van der Waals surface area contributed by atoms with Gasteiger partial charge in [0.15, 0.2) is 5.69 Å². The molecule has 1 aliphatic carbocycles. The number of aromatic carboxylic acids is 1. The highest BCUT2D eigenvalue weighted by Crippen LogP contribution is 2.25. The molecule has 0 aromatic carbocycles. The molecule has 8 heteroatoms. The van der Waals surface area contributed by atoms with Gasteiger partial charge >= 0.3 is 5.97 Å². The van der Waals surface area contributed by atoms with Crippen LogP contribution < -0.4 is 5.56 Å².